The van der Waals surface area contributed by atoms with Gasteiger partial charge in [-0.1, -0.05) is 18.2 Å². The fourth-order valence-corrected chi connectivity index (χ4v) is 2.73. The number of rotatable bonds is 4. The molecule has 3 N–H and O–H groups in total. The molecule has 1 aromatic carbocycles. The number of nitrogens with one attached hydrogen (secondary N) is 3. The van der Waals surface area contributed by atoms with Gasteiger partial charge in [0.2, 0.25) is 5.91 Å². The zero-order valence-electron chi connectivity index (χ0n) is 12.8. The number of hydrazine groups is 1. The average Bonchev–Trinajstić information content (AvgIpc) is 3.03. The highest BCUT2D eigenvalue weighted by Crippen LogP contribution is 2.25. The fraction of sp³-hybridized carbons (Fsp3) is 0.294. The molecule has 3 rings (SSSR count). The van der Waals surface area contributed by atoms with Crippen molar-refractivity contribution in [3.8, 4) is 0 Å². The first-order valence-corrected chi connectivity index (χ1v) is 7.57. The summed E-state index contributed by atoms with van der Waals surface area (Å²) in [7, 11) is 0. The van der Waals surface area contributed by atoms with Crippen molar-refractivity contribution in [2.75, 3.05) is 6.54 Å². The summed E-state index contributed by atoms with van der Waals surface area (Å²) in [5.74, 6) is -0.600. The van der Waals surface area contributed by atoms with E-state index in [-0.39, 0.29) is 23.7 Å². The topological polar surface area (TPSA) is 66.1 Å². The zero-order valence-corrected chi connectivity index (χ0v) is 12.8. The first-order chi connectivity index (χ1) is 11.1. The number of hydrogen-bond acceptors (Lipinski definition) is 4. The minimum Gasteiger partial charge on any atom is -0.350 e. The normalized spacial score (nSPS) is 20.4. The Kier molecular flexibility index (Phi) is 4.64. The number of carbonyl (C=O) groups is 1. The molecule has 1 aliphatic heterocycles. The summed E-state index contributed by atoms with van der Waals surface area (Å²) >= 11 is 0. The van der Waals surface area contributed by atoms with Gasteiger partial charge in [0.1, 0.15) is 5.82 Å². The summed E-state index contributed by atoms with van der Waals surface area (Å²) in [6.45, 7) is 2.84. The van der Waals surface area contributed by atoms with Crippen molar-refractivity contribution in [1.29, 1.82) is 0 Å². The van der Waals surface area contributed by atoms with Gasteiger partial charge in [0, 0.05) is 12.2 Å². The number of carbonyl (C=O) groups excluding carboxylic acids is 1. The highest BCUT2D eigenvalue weighted by Gasteiger charge is 2.33. The predicted molar refractivity (Wildman–Crippen MR) is 84.6 cm³/mol. The van der Waals surface area contributed by atoms with E-state index in [1.807, 2.05) is 25.1 Å². The number of amides is 1. The van der Waals surface area contributed by atoms with Crippen LogP contribution in [-0.4, -0.2) is 17.4 Å². The molecule has 0 saturated carbocycles. The van der Waals surface area contributed by atoms with E-state index in [4.69, 9.17) is 0 Å². The maximum absolute atomic E-state index is 13.0. The highest BCUT2D eigenvalue weighted by atomic mass is 19.1. The monoisotopic (exact) mass is 314 g/mol. The van der Waals surface area contributed by atoms with Gasteiger partial charge in [-0.25, -0.2) is 9.82 Å². The summed E-state index contributed by atoms with van der Waals surface area (Å²) in [5.41, 5.74) is 8.72. The molecule has 2 aromatic rings. The van der Waals surface area contributed by atoms with Gasteiger partial charge >= 0.3 is 0 Å². The van der Waals surface area contributed by atoms with Gasteiger partial charge in [-0.3, -0.25) is 15.2 Å². The molecule has 0 radical (unpaired) electrons. The molecule has 5 nitrogen and oxygen atoms in total. The van der Waals surface area contributed by atoms with E-state index >= 15 is 0 Å². The van der Waals surface area contributed by atoms with Gasteiger partial charge in [0.05, 0.1) is 24.2 Å². The van der Waals surface area contributed by atoms with Crippen LogP contribution in [0.3, 0.4) is 0 Å². The van der Waals surface area contributed by atoms with Crippen LogP contribution in [0.5, 0.6) is 0 Å². The van der Waals surface area contributed by atoms with Crippen LogP contribution in [0.25, 0.3) is 0 Å². The number of hydrogen-bond donors (Lipinski definition) is 3. The number of benzene rings is 1. The van der Waals surface area contributed by atoms with Gasteiger partial charge in [-0.15, -0.1) is 0 Å². The van der Waals surface area contributed by atoms with Crippen LogP contribution >= 0.6 is 0 Å². The second-order valence-electron chi connectivity index (χ2n) is 5.65. The minimum absolute atomic E-state index is 0.0554. The van der Waals surface area contributed by atoms with Crippen molar-refractivity contribution in [3.63, 3.8) is 0 Å². The summed E-state index contributed by atoms with van der Waals surface area (Å²) in [6, 6.07) is 11.7. The minimum atomic E-state index is -0.286. The van der Waals surface area contributed by atoms with Crippen LogP contribution in [0.2, 0.25) is 0 Å². The lowest BCUT2D eigenvalue weighted by Crippen LogP contribution is -2.34. The molecule has 1 aromatic heterocycles. The molecule has 2 unspecified atom stereocenters. The van der Waals surface area contributed by atoms with Crippen molar-refractivity contribution in [3.05, 3.63) is 65.2 Å². The molecule has 1 aliphatic rings. The molecule has 2 heterocycles. The van der Waals surface area contributed by atoms with Crippen LogP contribution in [0, 0.1) is 18.7 Å². The Bertz CT molecular complexity index is 689. The third-order valence-electron chi connectivity index (χ3n) is 3.94. The zero-order chi connectivity index (χ0) is 16.2. The summed E-state index contributed by atoms with van der Waals surface area (Å²) in [4.78, 5) is 16.8. The molecular weight excluding hydrogens is 295 g/mol. The number of nitrogens with zero attached hydrogens (tertiary/aromatic N) is 1. The van der Waals surface area contributed by atoms with Crippen LogP contribution in [-0.2, 0) is 11.3 Å². The molecule has 23 heavy (non-hydrogen) atoms. The summed E-state index contributed by atoms with van der Waals surface area (Å²) in [6.07, 6.45) is 0. The molecule has 6 heteroatoms. The van der Waals surface area contributed by atoms with Gasteiger partial charge in [-0.05, 0) is 36.8 Å². The Hall–Kier alpha value is -2.31. The smallest absolute Gasteiger partial charge is 0.226 e. The molecule has 1 saturated heterocycles. The summed E-state index contributed by atoms with van der Waals surface area (Å²) < 4.78 is 13.0. The Morgan fingerprint density at radius 2 is 2.09 bits per heavy atom. The number of pyridine rings is 1. The lowest BCUT2D eigenvalue weighted by atomic mass is 9.94. The largest absolute Gasteiger partial charge is 0.350 e. The Morgan fingerprint density at radius 1 is 1.30 bits per heavy atom. The lowest BCUT2D eigenvalue weighted by molar-refractivity contribution is -0.125. The van der Waals surface area contributed by atoms with Gasteiger partial charge in [0.15, 0.2) is 0 Å². The maximum Gasteiger partial charge on any atom is 0.226 e. The van der Waals surface area contributed by atoms with E-state index in [9.17, 15) is 9.18 Å². The average molecular weight is 314 g/mol. The van der Waals surface area contributed by atoms with Crippen LogP contribution in [0.4, 0.5) is 4.39 Å². The molecule has 0 aliphatic carbocycles. The van der Waals surface area contributed by atoms with Crippen molar-refractivity contribution >= 4 is 5.91 Å². The van der Waals surface area contributed by atoms with Crippen LogP contribution < -0.4 is 16.2 Å². The van der Waals surface area contributed by atoms with E-state index in [0.717, 1.165) is 17.0 Å². The number of aryl methyl sites for hydroxylation is 1. The Labute approximate surface area is 134 Å². The molecule has 2 atom stereocenters. The molecule has 1 amide bonds. The predicted octanol–water partition coefficient (Wildman–Crippen LogP) is 1.61. The van der Waals surface area contributed by atoms with E-state index in [2.05, 4.69) is 21.2 Å². The molecule has 120 valence electrons. The first kappa shape index (κ1) is 15.6. The highest BCUT2D eigenvalue weighted by molar-refractivity contribution is 5.80. The van der Waals surface area contributed by atoms with Gasteiger partial charge in [0.25, 0.3) is 0 Å². The number of aromatic nitrogens is 1. The van der Waals surface area contributed by atoms with E-state index < -0.39 is 0 Å². The third-order valence-corrected chi connectivity index (χ3v) is 3.94. The second-order valence-corrected chi connectivity index (χ2v) is 5.65. The molecule has 1 fully saturated rings. The van der Waals surface area contributed by atoms with Crippen molar-refractivity contribution in [2.24, 2.45) is 5.92 Å². The Morgan fingerprint density at radius 3 is 2.83 bits per heavy atom. The van der Waals surface area contributed by atoms with Crippen LogP contribution in [0.15, 0.2) is 42.5 Å². The number of halogens is 1. The molecule has 0 bridgehead atoms. The molecule has 0 spiro atoms. The van der Waals surface area contributed by atoms with Gasteiger partial charge in [-0.2, -0.15) is 0 Å². The Balaban J connectivity index is 1.65. The van der Waals surface area contributed by atoms with Crippen molar-refractivity contribution < 1.29 is 9.18 Å². The van der Waals surface area contributed by atoms with Crippen LogP contribution in [0.1, 0.15) is 23.0 Å². The van der Waals surface area contributed by atoms with E-state index in [1.165, 1.54) is 12.1 Å². The second kappa shape index (κ2) is 6.85. The SMILES string of the molecule is Cc1cccc(CNC(=O)C2CNNC2c2ccc(F)cc2)n1. The van der Waals surface area contributed by atoms with E-state index in [0.29, 0.717) is 13.1 Å². The van der Waals surface area contributed by atoms with Gasteiger partial charge < -0.3 is 5.32 Å². The van der Waals surface area contributed by atoms with Crippen molar-refractivity contribution in [1.82, 2.24) is 21.2 Å². The van der Waals surface area contributed by atoms with E-state index in [1.54, 1.807) is 12.1 Å². The standard InChI is InChI=1S/C17H19FN4O/c1-11-3-2-4-14(21-11)9-19-17(23)15-10-20-22-16(15)12-5-7-13(18)8-6-12/h2-8,15-16,20,22H,9-10H2,1H3,(H,19,23). The maximum atomic E-state index is 13.0. The first-order valence-electron chi connectivity index (χ1n) is 7.57. The third kappa shape index (κ3) is 3.72. The quantitative estimate of drug-likeness (QED) is 0.802. The molecular formula is C17H19FN4O. The fourth-order valence-electron chi connectivity index (χ4n) is 2.73. The summed E-state index contributed by atoms with van der Waals surface area (Å²) in [5, 5.41) is 2.92. The van der Waals surface area contributed by atoms with Crippen molar-refractivity contribution in [2.45, 2.75) is 19.5 Å². The lowest BCUT2D eigenvalue weighted by Gasteiger charge is -2.18.